The summed E-state index contributed by atoms with van der Waals surface area (Å²) in [5.41, 5.74) is 2.65. The predicted octanol–water partition coefficient (Wildman–Crippen LogP) is 3.90. The molecule has 7 heteroatoms. The number of hydrogen-bond donors (Lipinski definition) is 3. The highest BCUT2D eigenvalue weighted by Crippen LogP contribution is 2.18. The molecule has 0 spiro atoms. The average Bonchev–Trinajstić information content (AvgIpc) is 2.77. The molecule has 30 heavy (non-hydrogen) atoms. The molecule has 1 aliphatic rings. The standard InChI is InChI=1S/C23H32N6O/c1-2-6-21(15-24)22(17-27-12-4-3-5-13-27)11-14-28(29(18-25)19-26)16-20-7-9-23(30)10-8-20/h6-11,18-19,25-26,30H,2-5,12-14,16-17H2,1H3/b21-6-,22-11-,25-18?,26-19?. The number of likely N-dealkylation sites (tertiary alicyclic amines) is 1. The number of rotatable bonds is 11. The minimum absolute atomic E-state index is 0.202. The Hall–Kier alpha value is -2.95. The monoisotopic (exact) mass is 408 g/mol. The number of aromatic hydroxyl groups is 1. The highest BCUT2D eigenvalue weighted by Gasteiger charge is 2.16. The Balaban J connectivity index is 2.25. The summed E-state index contributed by atoms with van der Waals surface area (Å²) in [5.74, 6) is 0.202. The summed E-state index contributed by atoms with van der Waals surface area (Å²) < 4.78 is 0. The largest absolute Gasteiger partial charge is 0.508 e. The van der Waals surface area contributed by atoms with Crippen LogP contribution in [-0.4, -0.2) is 58.9 Å². The van der Waals surface area contributed by atoms with E-state index in [1.807, 2.05) is 36.2 Å². The molecule has 1 saturated heterocycles. The molecule has 7 nitrogen and oxygen atoms in total. The Labute approximate surface area is 179 Å². The zero-order valence-electron chi connectivity index (χ0n) is 17.7. The van der Waals surface area contributed by atoms with Gasteiger partial charge in [-0.25, -0.2) is 5.01 Å². The topological polar surface area (TPSA) is 101 Å². The predicted molar refractivity (Wildman–Crippen MR) is 120 cm³/mol. The molecular formula is C23H32N6O. The average molecular weight is 409 g/mol. The third-order valence-corrected chi connectivity index (χ3v) is 5.16. The van der Waals surface area contributed by atoms with Crippen molar-refractivity contribution in [1.82, 2.24) is 14.9 Å². The van der Waals surface area contributed by atoms with E-state index in [4.69, 9.17) is 10.8 Å². The van der Waals surface area contributed by atoms with Crippen LogP contribution in [0.25, 0.3) is 0 Å². The molecule has 160 valence electrons. The van der Waals surface area contributed by atoms with Gasteiger partial charge in [-0.2, -0.15) is 5.26 Å². The van der Waals surface area contributed by atoms with Gasteiger partial charge in [0, 0.05) is 19.6 Å². The third-order valence-electron chi connectivity index (χ3n) is 5.16. The van der Waals surface area contributed by atoms with Crippen molar-refractivity contribution in [2.75, 3.05) is 26.2 Å². The molecule has 1 heterocycles. The Kier molecular flexibility index (Phi) is 9.78. The zero-order chi connectivity index (χ0) is 21.8. The molecule has 1 aromatic rings. The van der Waals surface area contributed by atoms with Gasteiger partial charge in [-0.05, 0) is 55.6 Å². The van der Waals surface area contributed by atoms with Crippen molar-refractivity contribution >= 4 is 12.7 Å². The number of phenols is 1. The normalized spacial score (nSPS) is 15.6. The fraction of sp³-hybridized carbons (Fsp3) is 0.435. The van der Waals surface area contributed by atoms with Crippen LogP contribution >= 0.6 is 0 Å². The van der Waals surface area contributed by atoms with Crippen LogP contribution in [-0.2, 0) is 6.54 Å². The second-order valence-electron chi connectivity index (χ2n) is 7.36. The van der Waals surface area contributed by atoms with E-state index in [1.54, 1.807) is 12.1 Å². The molecule has 0 atom stereocenters. The molecule has 1 aliphatic heterocycles. The van der Waals surface area contributed by atoms with E-state index in [9.17, 15) is 10.4 Å². The van der Waals surface area contributed by atoms with E-state index in [-0.39, 0.29) is 5.75 Å². The molecule has 2 rings (SSSR count). The number of nitrogens with zero attached hydrogens (tertiary/aromatic N) is 4. The molecular weight excluding hydrogens is 376 g/mol. The van der Waals surface area contributed by atoms with Gasteiger partial charge in [0.05, 0.1) is 11.6 Å². The van der Waals surface area contributed by atoms with Crippen molar-refractivity contribution in [1.29, 1.82) is 16.1 Å². The summed E-state index contributed by atoms with van der Waals surface area (Å²) in [6.45, 7) is 5.79. The first-order valence-electron chi connectivity index (χ1n) is 10.5. The summed E-state index contributed by atoms with van der Waals surface area (Å²) in [4.78, 5) is 2.39. The number of phenolic OH excluding ortho intramolecular Hbond substituents is 1. The maximum Gasteiger partial charge on any atom is 0.115 e. The number of hydrazine groups is 1. The number of allylic oxidation sites excluding steroid dienone is 1. The molecule has 0 saturated carbocycles. The summed E-state index contributed by atoms with van der Waals surface area (Å²) in [7, 11) is 0. The smallest absolute Gasteiger partial charge is 0.115 e. The minimum atomic E-state index is 0.202. The van der Waals surface area contributed by atoms with Gasteiger partial charge in [-0.1, -0.05) is 37.6 Å². The van der Waals surface area contributed by atoms with Gasteiger partial charge < -0.3 is 5.11 Å². The number of hydrogen-bond acceptors (Lipinski definition) is 6. The van der Waals surface area contributed by atoms with Crippen LogP contribution in [0.15, 0.2) is 47.6 Å². The van der Waals surface area contributed by atoms with Gasteiger partial charge >= 0.3 is 0 Å². The van der Waals surface area contributed by atoms with E-state index < -0.39 is 0 Å². The van der Waals surface area contributed by atoms with Crippen LogP contribution in [0.2, 0.25) is 0 Å². The van der Waals surface area contributed by atoms with Gasteiger partial charge in [-0.3, -0.25) is 20.7 Å². The number of nitriles is 1. The Morgan fingerprint density at radius 2 is 1.80 bits per heavy atom. The zero-order valence-corrected chi connectivity index (χ0v) is 17.7. The lowest BCUT2D eigenvalue weighted by Crippen LogP contribution is -2.40. The van der Waals surface area contributed by atoms with Crippen molar-refractivity contribution in [3.05, 3.63) is 53.1 Å². The van der Waals surface area contributed by atoms with E-state index in [1.165, 1.54) is 24.3 Å². The molecule has 0 aliphatic carbocycles. The molecule has 0 aromatic heterocycles. The van der Waals surface area contributed by atoms with Gasteiger partial charge in [0.1, 0.15) is 18.4 Å². The molecule has 3 N–H and O–H groups in total. The SMILES string of the molecule is CC/C=C(C#N)\C(=C/CN(Cc1ccc(O)cc1)N(C=N)C=N)CN1CCCCC1. The minimum Gasteiger partial charge on any atom is -0.508 e. The van der Waals surface area contributed by atoms with Crippen molar-refractivity contribution in [2.24, 2.45) is 0 Å². The van der Waals surface area contributed by atoms with Crippen LogP contribution in [0.3, 0.4) is 0 Å². The summed E-state index contributed by atoms with van der Waals surface area (Å²) >= 11 is 0. The second kappa shape index (κ2) is 12.6. The van der Waals surface area contributed by atoms with Gasteiger partial charge in [0.15, 0.2) is 0 Å². The van der Waals surface area contributed by atoms with Crippen molar-refractivity contribution < 1.29 is 5.11 Å². The van der Waals surface area contributed by atoms with Crippen LogP contribution in [0.4, 0.5) is 0 Å². The summed E-state index contributed by atoms with van der Waals surface area (Å²) in [6.07, 6.45) is 10.6. The summed E-state index contributed by atoms with van der Waals surface area (Å²) in [5, 5.41) is 37.8. The Bertz CT molecular complexity index is 779. The lowest BCUT2D eigenvalue weighted by Gasteiger charge is -2.30. The number of nitrogens with one attached hydrogen (secondary N) is 2. The van der Waals surface area contributed by atoms with E-state index >= 15 is 0 Å². The van der Waals surface area contributed by atoms with E-state index in [2.05, 4.69) is 11.0 Å². The number of benzene rings is 1. The quantitative estimate of drug-likeness (QED) is 0.169. The Morgan fingerprint density at radius 1 is 1.13 bits per heavy atom. The van der Waals surface area contributed by atoms with Gasteiger partial charge in [0.25, 0.3) is 0 Å². The van der Waals surface area contributed by atoms with E-state index in [0.717, 1.165) is 49.9 Å². The summed E-state index contributed by atoms with van der Waals surface area (Å²) in [6, 6.07) is 9.25. The van der Waals surface area contributed by atoms with Crippen molar-refractivity contribution in [3.8, 4) is 11.8 Å². The van der Waals surface area contributed by atoms with E-state index in [0.29, 0.717) is 18.7 Å². The fourth-order valence-corrected chi connectivity index (χ4v) is 3.54. The lowest BCUT2D eigenvalue weighted by molar-refractivity contribution is 0.128. The molecule has 1 aromatic carbocycles. The molecule has 0 radical (unpaired) electrons. The maximum atomic E-state index is 9.69. The maximum absolute atomic E-state index is 9.69. The fourth-order valence-electron chi connectivity index (χ4n) is 3.54. The molecule has 1 fully saturated rings. The lowest BCUT2D eigenvalue weighted by atomic mass is 10.0. The number of piperidine rings is 1. The Morgan fingerprint density at radius 3 is 2.37 bits per heavy atom. The van der Waals surface area contributed by atoms with Crippen LogP contribution in [0.5, 0.6) is 5.75 Å². The van der Waals surface area contributed by atoms with Gasteiger partial charge in [0.2, 0.25) is 0 Å². The van der Waals surface area contributed by atoms with Crippen molar-refractivity contribution in [3.63, 3.8) is 0 Å². The van der Waals surface area contributed by atoms with Crippen LogP contribution in [0.1, 0.15) is 38.2 Å². The second-order valence-corrected chi connectivity index (χ2v) is 7.36. The third kappa shape index (κ3) is 7.14. The molecule has 0 bridgehead atoms. The van der Waals surface area contributed by atoms with Crippen LogP contribution < -0.4 is 0 Å². The van der Waals surface area contributed by atoms with Crippen molar-refractivity contribution in [2.45, 2.75) is 39.2 Å². The first kappa shape index (κ1) is 23.3. The molecule has 0 amide bonds. The first-order valence-corrected chi connectivity index (χ1v) is 10.5. The molecule has 0 unspecified atom stereocenters. The van der Waals surface area contributed by atoms with Crippen LogP contribution in [0, 0.1) is 22.1 Å². The highest BCUT2D eigenvalue weighted by molar-refractivity contribution is 5.70. The van der Waals surface area contributed by atoms with Gasteiger partial charge in [-0.15, -0.1) is 0 Å². The first-order chi connectivity index (χ1) is 14.6. The highest BCUT2D eigenvalue weighted by atomic mass is 16.3.